The van der Waals surface area contributed by atoms with Gasteiger partial charge < -0.3 is 42.9 Å². The van der Waals surface area contributed by atoms with E-state index in [9.17, 15) is 17.3 Å². The maximum absolute atomic E-state index is 9.75. The number of hydrogen-bond donors (Lipinski definition) is 0. The summed E-state index contributed by atoms with van der Waals surface area (Å²) in [5.74, 6) is 0. The summed E-state index contributed by atoms with van der Waals surface area (Å²) in [5.41, 5.74) is 4.06. The molecule has 0 aromatic carbocycles. The molecule has 132 valence electrons. The zero-order valence-corrected chi connectivity index (χ0v) is 15.2. The highest BCUT2D eigenvalue weighted by atomic mass is 32.1. The molecule has 0 aliphatic heterocycles. The number of nitrogens with zero attached hydrogens (tertiary/aromatic N) is 6. The summed E-state index contributed by atoms with van der Waals surface area (Å²) in [6.45, 7) is 7.79. The first-order valence-electron chi connectivity index (χ1n) is 6.33. The van der Waals surface area contributed by atoms with Crippen molar-refractivity contribution in [3.63, 3.8) is 0 Å². The van der Waals surface area contributed by atoms with Crippen molar-refractivity contribution in [1.82, 2.24) is 19.8 Å². The maximum Gasteiger partial charge on any atom is 0.673 e. The lowest BCUT2D eigenvalue weighted by atomic mass is 10.3. The Labute approximate surface area is 143 Å². The molecule has 0 fully saturated rings. The Morgan fingerprint density at radius 3 is 1.04 bits per heavy atom. The number of aryl methyl sites for hydroxylation is 4. The zero-order valence-electron chi connectivity index (χ0n) is 13.6. The van der Waals surface area contributed by atoms with E-state index in [0.29, 0.717) is 0 Å². The van der Waals surface area contributed by atoms with Crippen molar-refractivity contribution in [1.29, 1.82) is 0 Å². The molecule has 23 heavy (non-hydrogen) atoms. The zero-order chi connectivity index (χ0) is 18.5. The molecular weight excluding hydrogens is 355 g/mol. The van der Waals surface area contributed by atoms with Crippen LogP contribution in [0.2, 0.25) is 0 Å². The molecule has 2 heterocycles. The van der Waals surface area contributed by atoms with E-state index < -0.39 is 7.25 Å². The molecular formula is C10H18BF4N6S2-. The standard InChI is InChI=1S/2C5H9N3S.BF4/c2*1-4-5(2)8(9)7(3)6-4;2-1(3,4)5/h2*1-3H3;/q;;-1. The van der Waals surface area contributed by atoms with E-state index in [-0.39, 0.29) is 0 Å². The van der Waals surface area contributed by atoms with Crippen molar-refractivity contribution in [3.05, 3.63) is 22.8 Å². The Bertz CT molecular complexity index is 554. The molecule has 0 amide bonds. The summed E-state index contributed by atoms with van der Waals surface area (Å²) in [7, 11) is -2.35. The minimum atomic E-state index is -6.00. The van der Waals surface area contributed by atoms with Crippen LogP contribution in [0, 0.1) is 27.7 Å². The van der Waals surface area contributed by atoms with Crippen molar-refractivity contribution in [2.24, 2.45) is 14.1 Å². The SMILES string of the molecule is Cc1nn(C)[n+]([S-])c1C.Cc1nn(C)[n+]([S-])c1C.F[B-](F)(F)F. The van der Waals surface area contributed by atoms with Crippen molar-refractivity contribution in [2.75, 3.05) is 0 Å². The second-order valence-electron chi connectivity index (χ2n) is 4.56. The van der Waals surface area contributed by atoms with E-state index in [1.54, 1.807) is 17.8 Å². The third kappa shape index (κ3) is 7.55. The lowest BCUT2D eigenvalue weighted by Gasteiger charge is -1.99. The molecule has 0 spiro atoms. The fraction of sp³-hybridized carbons (Fsp3) is 0.600. The molecule has 6 nitrogen and oxygen atoms in total. The van der Waals surface area contributed by atoms with Crippen molar-refractivity contribution < 1.29 is 25.4 Å². The van der Waals surface area contributed by atoms with E-state index >= 15 is 0 Å². The summed E-state index contributed by atoms with van der Waals surface area (Å²) >= 11 is 9.86. The van der Waals surface area contributed by atoms with E-state index in [1.807, 2.05) is 41.8 Å². The molecule has 0 aliphatic carbocycles. The fourth-order valence-electron chi connectivity index (χ4n) is 1.37. The van der Waals surface area contributed by atoms with Gasteiger partial charge in [0.25, 0.3) is 0 Å². The van der Waals surface area contributed by atoms with Gasteiger partial charge in [-0.2, -0.15) is 0 Å². The van der Waals surface area contributed by atoms with Gasteiger partial charge in [0.15, 0.2) is 11.4 Å². The van der Waals surface area contributed by atoms with Crippen LogP contribution in [0.15, 0.2) is 0 Å². The van der Waals surface area contributed by atoms with Crippen LogP contribution < -0.4 is 8.17 Å². The molecule has 13 heteroatoms. The number of rotatable bonds is 0. The van der Waals surface area contributed by atoms with Crippen LogP contribution in [0.5, 0.6) is 0 Å². The second kappa shape index (κ2) is 8.38. The first-order chi connectivity index (χ1) is 10.3. The summed E-state index contributed by atoms with van der Waals surface area (Å²) in [4.78, 5) is 3.28. The average molecular weight is 373 g/mol. The van der Waals surface area contributed by atoms with Gasteiger partial charge in [-0.3, -0.25) is 8.17 Å². The average Bonchev–Trinajstić information content (AvgIpc) is 2.74. The van der Waals surface area contributed by atoms with Gasteiger partial charge in [-0.15, -0.1) is 0 Å². The highest BCUT2D eigenvalue weighted by molar-refractivity contribution is 7.51. The smallest absolute Gasteiger partial charge is 0.529 e. The summed E-state index contributed by atoms with van der Waals surface area (Å²) in [6.07, 6.45) is 0. The molecule has 2 rings (SSSR count). The Balaban J connectivity index is 0.000000332. The van der Waals surface area contributed by atoms with Crippen LogP contribution in [0.4, 0.5) is 17.3 Å². The highest BCUT2D eigenvalue weighted by Crippen LogP contribution is 2.06. The van der Waals surface area contributed by atoms with E-state index in [1.165, 1.54) is 0 Å². The predicted molar refractivity (Wildman–Crippen MR) is 81.5 cm³/mol. The van der Waals surface area contributed by atoms with Gasteiger partial charge in [-0.05, 0) is 0 Å². The largest absolute Gasteiger partial charge is 0.673 e. The minimum absolute atomic E-state index is 0.993. The number of hydrogen-bond acceptors (Lipinski definition) is 4. The fourth-order valence-corrected chi connectivity index (χ4v) is 1.71. The molecule has 0 saturated heterocycles. The maximum atomic E-state index is 9.75. The molecule has 0 saturated carbocycles. The molecule has 0 bridgehead atoms. The van der Waals surface area contributed by atoms with Gasteiger partial charge >= 0.3 is 7.25 Å². The van der Waals surface area contributed by atoms with Crippen LogP contribution in [0.1, 0.15) is 22.8 Å². The first kappa shape index (κ1) is 21.5. The minimum Gasteiger partial charge on any atom is -0.529 e. The summed E-state index contributed by atoms with van der Waals surface area (Å²) < 4.78 is 42.2. The Kier molecular flexibility index (Phi) is 7.84. The highest BCUT2D eigenvalue weighted by Gasteiger charge is 2.20. The van der Waals surface area contributed by atoms with Gasteiger partial charge in [0.05, 0.1) is 14.1 Å². The van der Waals surface area contributed by atoms with Crippen LogP contribution in [0.3, 0.4) is 0 Å². The second-order valence-corrected chi connectivity index (χ2v) is 5.25. The van der Waals surface area contributed by atoms with E-state index in [2.05, 4.69) is 10.2 Å². The van der Waals surface area contributed by atoms with Crippen molar-refractivity contribution in [3.8, 4) is 0 Å². The monoisotopic (exact) mass is 373 g/mol. The molecule has 2 aromatic rings. The molecule has 0 radical (unpaired) electrons. The number of halogens is 4. The molecule has 0 N–H and O–H groups in total. The quantitative estimate of drug-likeness (QED) is 0.293. The van der Waals surface area contributed by atoms with E-state index in [0.717, 1.165) is 22.8 Å². The summed E-state index contributed by atoms with van der Waals surface area (Å²) in [5, 5.41) is 8.17. The Hall–Kier alpha value is -1.50. The molecule has 2 aromatic heterocycles. The van der Waals surface area contributed by atoms with Crippen molar-refractivity contribution in [2.45, 2.75) is 27.7 Å². The van der Waals surface area contributed by atoms with Crippen LogP contribution >= 0.6 is 0 Å². The van der Waals surface area contributed by atoms with Gasteiger partial charge in [-0.25, -0.2) is 0 Å². The normalized spacial score (nSPS) is 10.5. The van der Waals surface area contributed by atoms with Crippen LogP contribution in [-0.4, -0.2) is 27.0 Å². The van der Waals surface area contributed by atoms with Gasteiger partial charge in [0.1, 0.15) is 0 Å². The molecule has 0 atom stereocenters. The van der Waals surface area contributed by atoms with Gasteiger partial charge in [-0.1, -0.05) is 9.59 Å². The molecule has 0 aliphatic rings. The lowest BCUT2D eigenvalue weighted by molar-refractivity contribution is -0.602. The van der Waals surface area contributed by atoms with Gasteiger partial charge in [0.2, 0.25) is 11.4 Å². The lowest BCUT2D eigenvalue weighted by Crippen LogP contribution is -2.38. The van der Waals surface area contributed by atoms with Crippen LogP contribution in [0.25, 0.3) is 0 Å². The van der Waals surface area contributed by atoms with E-state index in [4.69, 9.17) is 25.6 Å². The number of aromatic nitrogens is 6. The Morgan fingerprint density at radius 1 is 0.783 bits per heavy atom. The predicted octanol–water partition coefficient (Wildman–Crippen LogP) is 0.569. The first-order valence-corrected chi connectivity index (χ1v) is 7.06. The van der Waals surface area contributed by atoms with Crippen LogP contribution in [-0.2, 0) is 39.7 Å². The van der Waals surface area contributed by atoms with Crippen molar-refractivity contribution >= 4 is 32.9 Å². The topological polar surface area (TPSA) is 43.4 Å². The summed E-state index contributed by atoms with van der Waals surface area (Å²) in [6, 6.07) is 0. The molecule has 0 unspecified atom stereocenters. The van der Waals surface area contributed by atoms with Gasteiger partial charge in [0, 0.05) is 37.9 Å². The third-order valence-electron chi connectivity index (χ3n) is 2.74. The third-order valence-corrected chi connectivity index (χ3v) is 3.76. The Morgan fingerprint density at radius 2 is 1.00 bits per heavy atom.